The molecule has 23 heavy (non-hydrogen) atoms. The summed E-state index contributed by atoms with van der Waals surface area (Å²) in [6.07, 6.45) is -2.78. The van der Waals surface area contributed by atoms with Crippen molar-refractivity contribution in [2.45, 2.75) is 45.3 Å². The molecular formula is C16H22F3NO3. The van der Waals surface area contributed by atoms with Gasteiger partial charge in [0.2, 0.25) is 5.91 Å². The van der Waals surface area contributed by atoms with E-state index >= 15 is 0 Å². The van der Waals surface area contributed by atoms with Gasteiger partial charge in [0.25, 0.3) is 0 Å². The molecule has 1 amide bonds. The highest BCUT2D eigenvalue weighted by Gasteiger charge is 2.29. The molecule has 1 aromatic carbocycles. The fraction of sp³-hybridized carbons (Fsp3) is 0.562. The maximum Gasteiger partial charge on any atom is 0.422 e. The van der Waals surface area contributed by atoms with Crippen LogP contribution in [0.1, 0.15) is 32.3 Å². The van der Waals surface area contributed by atoms with Crippen LogP contribution in [0.25, 0.3) is 0 Å². The summed E-state index contributed by atoms with van der Waals surface area (Å²) in [5, 5.41) is 2.86. The van der Waals surface area contributed by atoms with E-state index in [9.17, 15) is 18.0 Å². The number of amides is 1. The Hall–Kier alpha value is -1.92. The van der Waals surface area contributed by atoms with Crippen molar-refractivity contribution in [1.82, 2.24) is 5.32 Å². The molecule has 1 N–H and O–H groups in total. The number of carbonyl (C=O) groups is 1. The van der Waals surface area contributed by atoms with Crippen LogP contribution in [0.2, 0.25) is 0 Å². The van der Waals surface area contributed by atoms with Crippen molar-refractivity contribution in [3.63, 3.8) is 0 Å². The minimum absolute atomic E-state index is 0.0256. The molecular weight excluding hydrogens is 311 g/mol. The van der Waals surface area contributed by atoms with Crippen molar-refractivity contribution in [2.24, 2.45) is 0 Å². The zero-order valence-corrected chi connectivity index (χ0v) is 13.5. The third kappa shape index (κ3) is 7.25. The Kier molecular flexibility index (Phi) is 7.19. The molecule has 0 aromatic heterocycles. The van der Waals surface area contributed by atoms with Crippen LogP contribution in [0.4, 0.5) is 13.2 Å². The van der Waals surface area contributed by atoms with Crippen molar-refractivity contribution in [3.05, 3.63) is 23.8 Å². The molecule has 0 aliphatic rings. The molecule has 0 aliphatic carbocycles. The first kappa shape index (κ1) is 19.1. The quantitative estimate of drug-likeness (QED) is 0.792. The van der Waals surface area contributed by atoms with Crippen LogP contribution >= 0.6 is 0 Å². The number of hydrogen-bond donors (Lipinski definition) is 1. The first-order valence-corrected chi connectivity index (χ1v) is 7.41. The topological polar surface area (TPSA) is 47.6 Å². The average Bonchev–Trinajstić information content (AvgIpc) is 2.50. The summed E-state index contributed by atoms with van der Waals surface area (Å²) in [6, 6.07) is 4.76. The van der Waals surface area contributed by atoms with E-state index in [1.807, 2.05) is 13.8 Å². The number of carbonyl (C=O) groups excluding carboxylic acids is 1. The molecule has 0 saturated carbocycles. The monoisotopic (exact) mass is 333 g/mol. The van der Waals surface area contributed by atoms with Crippen LogP contribution in [0, 0.1) is 0 Å². The van der Waals surface area contributed by atoms with Crippen molar-refractivity contribution in [1.29, 1.82) is 0 Å². The van der Waals surface area contributed by atoms with Gasteiger partial charge >= 0.3 is 6.18 Å². The number of benzene rings is 1. The predicted octanol–water partition coefficient (Wildman–Crippen LogP) is 3.48. The van der Waals surface area contributed by atoms with Crippen LogP contribution in [0.15, 0.2) is 18.2 Å². The Morgan fingerprint density at radius 1 is 1.30 bits per heavy atom. The zero-order valence-electron chi connectivity index (χ0n) is 13.5. The van der Waals surface area contributed by atoms with Gasteiger partial charge < -0.3 is 14.8 Å². The Morgan fingerprint density at radius 3 is 2.57 bits per heavy atom. The van der Waals surface area contributed by atoms with Crippen LogP contribution in [0.5, 0.6) is 11.5 Å². The van der Waals surface area contributed by atoms with E-state index in [-0.39, 0.29) is 23.4 Å². The Bertz CT molecular complexity index is 518. The largest absolute Gasteiger partial charge is 0.493 e. The summed E-state index contributed by atoms with van der Waals surface area (Å²) in [4.78, 5) is 11.7. The smallest absolute Gasteiger partial charge is 0.422 e. The van der Waals surface area contributed by atoms with E-state index < -0.39 is 12.8 Å². The van der Waals surface area contributed by atoms with Gasteiger partial charge in [-0.3, -0.25) is 4.79 Å². The second-order valence-electron chi connectivity index (χ2n) is 5.27. The molecule has 0 heterocycles. The lowest BCUT2D eigenvalue weighted by molar-refractivity contribution is -0.153. The van der Waals surface area contributed by atoms with Crippen LogP contribution in [-0.2, 0) is 11.2 Å². The summed E-state index contributed by atoms with van der Waals surface area (Å²) in [5.74, 6) is 0.183. The van der Waals surface area contributed by atoms with Crippen molar-refractivity contribution in [2.75, 3.05) is 13.7 Å². The number of hydrogen-bond acceptors (Lipinski definition) is 3. The number of ether oxygens (including phenoxy) is 2. The van der Waals surface area contributed by atoms with Gasteiger partial charge in [-0.25, -0.2) is 0 Å². The standard InChI is InChI=1S/C16H22F3NO3/c1-4-11(2)20-15(21)8-6-12-5-7-13(14(9-12)22-3)23-10-16(17,18)19/h5,7,9,11H,4,6,8,10H2,1-3H3,(H,20,21)/t11-/m1/s1. The van der Waals surface area contributed by atoms with Gasteiger partial charge in [-0.2, -0.15) is 13.2 Å². The Labute approximate surface area is 134 Å². The molecule has 130 valence electrons. The Balaban J connectivity index is 2.63. The molecule has 0 radical (unpaired) electrons. The van der Waals surface area contributed by atoms with E-state index in [2.05, 4.69) is 5.32 Å². The van der Waals surface area contributed by atoms with Crippen LogP contribution in [-0.4, -0.2) is 31.8 Å². The number of aryl methyl sites for hydroxylation is 1. The van der Waals surface area contributed by atoms with E-state index in [0.717, 1.165) is 12.0 Å². The minimum atomic E-state index is -4.41. The third-order valence-electron chi connectivity index (χ3n) is 3.28. The Morgan fingerprint density at radius 2 is 2.00 bits per heavy atom. The number of halogens is 3. The van der Waals surface area contributed by atoms with E-state index in [0.29, 0.717) is 12.8 Å². The number of nitrogens with one attached hydrogen (secondary N) is 1. The number of alkyl halides is 3. The molecule has 0 fully saturated rings. The molecule has 0 saturated heterocycles. The van der Waals surface area contributed by atoms with Gasteiger partial charge in [0.15, 0.2) is 18.1 Å². The fourth-order valence-electron chi connectivity index (χ4n) is 1.85. The SMILES string of the molecule is CC[C@@H](C)NC(=O)CCc1ccc(OCC(F)(F)F)c(OC)c1. The zero-order chi connectivity index (χ0) is 17.5. The highest BCUT2D eigenvalue weighted by molar-refractivity contribution is 5.76. The molecule has 7 heteroatoms. The summed E-state index contributed by atoms with van der Waals surface area (Å²) >= 11 is 0. The summed E-state index contributed by atoms with van der Waals surface area (Å²) in [5.41, 5.74) is 0.792. The van der Waals surface area contributed by atoms with E-state index in [4.69, 9.17) is 9.47 Å². The fourth-order valence-corrected chi connectivity index (χ4v) is 1.85. The molecule has 1 rings (SSSR count). The minimum Gasteiger partial charge on any atom is -0.493 e. The number of rotatable bonds is 8. The van der Waals surface area contributed by atoms with Gasteiger partial charge in [0, 0.05) is 12.5 Å². The van der Waals surface area contributed by atoms with Crippen molar-refractivity contribution >= 4 is 5.91 Å². The molecule has 0 aliphatic heterocycles. The summed E-state index contributed by atoms with van der Waals surface area (Å²) < 4.78 is 46.3. The highest BCUT2D eigenvalue weighted by atomic mass is 19.4. The second-order valence-corrected chi connectivity index (χ2v) is 5.27. The third-order valence-corrected chi connectivity index (χ3v) is 3.28. The predicted molar refractivity (Wildman–Crippen MR) is 80.8 cm³/mol. The molecule has 0 spiro atoms. The average molecular weight is 333 g/mol. The lowest BCUT2D eigenvalue weighted by atomic mass is 10.1. The van der Waals surface area contributed by atoms with Gasteiger partial charge in [-0.15, -0.1) is 0 Å². The van der Waals surface area contributed by atoms with Gasteiger partial charge in [-0.1, -0.05) is 13.0 Å². The summed E-state index contributed by atoms with van der Waals surface area (Å²) in [7, 11) is 1.36. The van der Waals surface area contributed by atoms with Gasteiger partial charge in [-0.05, 0) is 37.5 Å². The summed E-state index contributed by atoms with van der Waals surface area (Å²) in [6.45, 7) is 2.53. The van der Waals surface area contributed by atoms with E-state index in [1.54, 1.807) is 12.1 Å². The van der Waals surface area contributed by atoms with Crippen LogP contribution in [0.3, 0.4) is 0 Å². The van der Waals surface area contributed by atoms with Crippen LogP contribution < -0.4 is 14.8 Å². The lowest BCUT2D eigenvalue weighted by Gasteiger charge is -2.14. The van der Waals surface area contributed by atoms with Gasteiger partial charge in [0.05, 0.1) is 7.11 Å². The van der Waals surface area contributed by atoms with Crippen molar-refractivity contribution < 1.29 is 27.4 Å². The molecule has 0 unspecified atom stereocenters. The number of methoxy groups -OCH3 is 1. The van der Waals surface area contributed by atoms with Crippen molar-refractivity contribution in [3.8, 4) is 11.5 Å². The molecule has 4 nitrogen and oxygen atoms in total. The van der Waals surface area contributed by atoms with E-state index in [1.165, 1.54) is 13.2 Å². The second kappa shape index (κ2) is 8.64. The first-order valence-electron chi connectivity index (χ1n) is 7.41. The first-order chi connectivity index (χ1) is 10.7. The molecule has 0 bridgehead atoms. The lowest BCUT2D eigenvalue weighted by Crippen LogP contribution is -2.32. The highest BCUT2D eigenvalue weighted by Crippen LogP contribution is 2.30. The molecule has 1 aromatic rings. The normalized spacial score (nSPS) is 12.6. The van der Waals surface area contributed by atoms with Gasteiger partial charge in [0.1, 0.15) is 0 Å². The molecule has 1 atom stereocenters. The maximum absolute atomic E-state index is 12.2. The maximum atomic E-state index is 12.2.